The number of hydrogen-bond acceptors (Lipinski definition) is 2. The van der Waals surface area contributed by atoms with Crippen molar-refractivity contribution in [1.82, 2.24) is 5.32 Å². The molecule has 2 aliphatic rings. The highest BCUT2D eigenvalue weighted by Gasteiger charge is 2.42. The lowest BCUT2D eigenvalue weighted by molar-refractivity contribution is 0.167. The van der Waals surface area contributed by atoms with Crippen molar-refractivity contribution >= 4 is 0 Å². The van der Waals surface area contributed by atoms with E-state index in [1.165, 1.54) is 32.1 Å². The lowest BCUT2D eigenvalue weighted by Gasteiger charge is -2.36. The summed E-state index contributed by atoms with van der Waals surface area (Å²) in [7, 11) is 0. The maximum Gasteiger partial charge on any atom is 0.0499 e. The van der Waals surface area contributed by atoms with E-state index >= 15 is 0 Å². The molecule has 0 aliphatic heterocycles. The maximum atomic E-state index is 9.28. The van der Waals surface area contributed by atoms with Gasteiger partial charge in [0.05, 0.1) is 0 Å². The van der Waals surface area contributed by atoms with Crippen molar-refractivity contribution in [3.8, 4) is 0 Å². The molecular formula is C13H25NO. The fourth-order valence-corrected chi connectivity index (χ4v) is 2.99. The molecule has 2 atom stereocenters. The molecule has 0 aromatic heterocycles. The van der Waals surface area contributed by atoms with Gasteiger partial charge in [0, 0.05) is 24.6 Å². The van der Waals surface area contributed by atoms with E-state index in [-0.39, 0.29) is 5.41 Å². The summed E-state index contributed by atoms with van der Waals surface area (Å²) < 4.78 is 0. The zero-order valence-corrected chi connectivity index (χ0v) is 10.1. The first-order valence-corrected chi connectivity index (χ1v) is 6.51. The van der Waals surface area contributed by atoms with E-state index in [9.17, 15) is 5.11 Å². The summed E-state index contributed by atoms with van der Waals surface area (Å²) >= 11 is 0. The molecule has 0 radical (unpaired) electrons. The number of hydrogen-bond donors (Lipinski definition) is 2. The van der Waals surface area contributed by atoms with E-state index < -0.39 is 0 Å². The van der Waals surface area contributed by atoms with Gasteiger partial charge < -0.3 is 10.4 Å². The number of aliphatic hydroxyl groups is 1. The molecule has 0 aromatic rings. The van der Waals surface area contributed by atoms with Crippen LogP contribution in [-0.4, -0.2) is 24.3 Å². The molecule has 0 saturated heterocycles. The van der Waals surface area contributed by atoms with E-state index in [1.54, 1.807) is 0 Å². The first-order valence-electron chi connectivity index (χ1n) is 6.51. The van der Waals surface area contributed by atoms with Crippen LogP contribution in [0.5, 0.6) is 0 Å². The Morgan fingerprint density at radius 1 is 1.20 bits per heavy atom. The first kappa shape index (κ1) is 11.4. The van der Waals surface area contributed by atoms with Crippen LogP contribution in [0.15, 0.2) is 0 Å². The summed E-state index contributed by atoms with van der Waals surface area (Å²) in [5, 5.41) is 13.0. The monoisotopic (exact) mass is 211 g/mol. The third kappa shape index (κ3) is 2.54. The average molecular weight is 211 g/mol. The van der Waals surface area contributed by atoms with Gasteiger partial charge in [-0.2, -0.15) is 0 Å². The van der Waals surface area contributed by atoms with Crippen LogP contribution in [0.25, 0.3) is 0 Å². The second kappa shape index (κ2) is 4.42. The van der Waals surface area contributed by atoms with Gasteiger partial charge >= 0.3 is 0 Å². The van der Waals surface area contributed by atoms with Gasteiger partial charge in [0.15, 0.2) is 0 Å². The fraction of sp³-hybridized carbons (Fsp3) is 1.00. The van der Waals surface area contributed by atoms with E-state index in [2.05, 4.69) is 19.2 Å². The van der Waals surface area contributed by atoms with Crippen molar-refractivity contribution in [2.75, 3.05) is 13.2 Å². The standard InChI is InChI=1S/C13H25NO/c1-10-4-3-5-11(2)12(10)14-8-13(9-15)6-7-13/h10-12,14-15H,3-9H2,1-2H3. The summed E-state index contributed by atoms with van der Waals surface area (Å²) in [5.41, 5.74) is 0.261. The van der Waals surface area contributed by atoms with Gasteiger partial charge in [-0.25, -0.2) is 0 Å². The zero-order valence-electron chi connectivity index (χ0n) is 10.1. The zero-order chi connectivity index (χ0) is 10.9. The Kier molecular flexibility index (Phi) is 3.36. The molecule has 0 bridgehead atoms. The van der Waals surface area contributed by atoms with Gasteiger partial charge in [0.2, 0.25) is 0 Å². The Morgan fingerprint density at radius 2 is 1.80 bits per heavy atom. The number of rotatable bonds is 4. The molecule has 2 N–H and O–H groups in total. The quantitative estimate of drug-likeness (QED) is 0.747. The smallest absolute Gasteiger partial charge is 0.0499 e. The molecule has 2 saturated carbocycles. The molecular weight excluding hydrogens is 186 g/mol. The van der Waals surface area contributed by atoms with Gasteiger partial charge in [-0.05, 0) is 37.5 Å². The van der Waals surface area contributed by atoms with Crippen LogP contribution >= 0.6 is 0 Å². The van der Waals surface area contributed by atoms with Crippen molar-refractivity contribution in [1.29, 1.82) is 0 Å². The largest absolute Gasteiger partial charge is 0.396 e. The topological polar surface area (TPSA) is 32.3 Å². The molecule has 15 heavy (non-hydrogen) atoms. The van der Waals surface area contributed by atoms with Crippen molar-refractivity contribution in [2.45, 2.75) is 52.0 Å². The minimum atomic E-state index is 0.261. The van der Waals surface area contributed by atoms with Crippen molar-refractivity contribution in [3.05, 3.63) is 0 Å². The SMILES string of the molecule is CC1CCCC(C)C1NCC1(CO)CC1. The Hall–Kier alpha value is -0.0800. The van der Waals surface area contributed by atoms with Crippen LogP contribution < -0.4 is 5.32 Å². The fourth-order valence-electron chi connectivity index (χ4n) is 2.99. The molecule has 2 unspecified atom stereocenters. The van der Waals surface area contributed by atoms with Crippen LogP contribution in [0, 0.1) is 17.3 Å². The maximum absolute atomic E-state index is 9.28. The Morgan fingerprint density at radius 3 is 2.27 bits per heavy atom. The van der Waals surface area contributed by atoms with Crippen LogP contribution in [0.2, 0.25) is 0 Å². The van der Waals surface area contributed by atoms with E-state index in [1.807, 2.05) is 0 Å². The summed E-state index contributed by atoms with van der Waals surface area (Å²) in [6.07, 6.45) is 6.56. The molecule has 0 aromatic carbocycles. The average Bonchev–Trinajstić information content (AvgIpc) is 2.98. The minimum Gasteiger partial charge on any atom is -0.396 e. The minimum absolute atomic E-state index is 0.261. The molecule has 2 heteroatoms. The Bertz CT molecular complexity index is 203. The molecule has 2 nitrogen and oxygen atoms in total. The van der Waals surface area contributed by atoms with Gasteiger partial charge in [-0.1, -0.05) is 20.3 Å². The summed E-state index contributed by atoms with van der Waals surface area (Å²) in [6.45, 7) is 6.13. The molecule has 2 fully saturated rings. The van der Waals surface area contributed by atoms with Crippen molar-refractivity contribution < 1.29 is 5.11 Å². The normalized spacial score (nSPS) is 39.0. The summed E-state index contributed by atoms with van der Waals surface area (Å²) in [4.78, 5) is 0. The molecule has 0 heterocycles. The highest BCUT2D eigenvalue weighted by atomic mass is 16.3. The highest BCUT2D eigenvalue weighted by Crippen LogP contribution is 2.44. The predicted octanol–water partition coefficient (Wildman–Crippen LogP) is 2.17. The molecule has 88 valence electrons. The second-order valence-corrected chi connectivity index (χ2v) is 5.95. The van der Waals surface area contributed by atoms with E-state index in [4.69, 9.17) is 0 Å². The highest BCUT2D eigenvalue weighted by molar-refractivity contribution is 4.96. The summed E-state index contributed by atoms with van der Waals surface area (Å²) in [5.74, 6) is 1.62. The predicted molar refractivity (Wildman–Crippen MR) is 62.7 cm³/mol. The number of aliphatic hydroxyl groups excluding tert-OH is 1. The third-order valence-electron chi connectivity index (χ3n) is 4.55. The van der Waals surface area contributed by atoms with Gasteiger partial charge in [0.25, 0.3) is 0 Å². The van der Waals surface area contributed by atoms with Crippen LogP contribution in [0.4, 0.5) is 0 Å². The van der Waals surface area contributed by atoms with Gasteiger partial charge in [-0.3, -0.25) is 0 Å². The molecule has 0 spiro atoms. The second-order valence-electron chi connectivity index (χ2n) is 5.95. The molecule has 2 aliphatic carbocycles. The third-order valence-corrected chi connectivity index (χ3v) is 4.55. The molecule has 0 amide bonds. The van der Waals surface area contributed by atoms with Crippen LogP contribution in [-0.2, 0) is 0 Å². The van der Waals surface area contributed by atoms with Crippen LogP contribution in [0.1, 0.15) is 46.0 Å². The van der Waals surface area contributed by atoms with Gasteiger partial charge in [-0.15, -0.1) is 0 Å². The summed E-state index contributed by atoms with van der Waals surface area (Å²) in [6, 6.07) is 0.683. The van der Waals surface area contributed by atoms with E-state index in [0.29, 0.717) is 12.6 Å². The van der Waals surface area contributed by atoms with E-state index in [0.717, 1.165) is 18.4 Å². The van der Waals surface area contributed by atoms with Crippen molar-refractivity contribution in [3.63, 3.8) is 0 Å². The lowest BCUT2D eigenvalue weighted by Crippen LogP contribution is -2.45. The van der Waals surface area contributed by atoms with Crippen LogP contribution in [0.3, 0.4) is 0 Å². The first-order chi connectivity index (χ1) is 7.17. The van der Waals surface area contributed by atoms with Gasteiger partial charge in [0.1, 0.15) is 0 Å². The number of nitrogens with one attached hydrogen (secondary N) is 1. The molecule has 2 rings (SSSR count). The lowest BCUT2D eigenvalue weighted by atomic mass is 9.78. The Labute approximate surface area is 93.5 Å². The van der Waals surface area contributed by atoms with Crippen molar-refractivity contribution in [2.24, 2.45) is 17.3 Å². The Balaban J connectivity index is 1.81.